The van der Waals surface area contributed by atoms with E-state index in [0.29, 0.717) is 44.0 Å². The Labute approximate surface area is 174 Å². The number of rotatable bonds is 7. The maximum absolute atomic E-state index is 12.4. The minimum absolute atomic E-state index is 0.166. The van der Waals surface area contributed by atoms with Crippen molar-refractivity contribution in [2.45, 2.75) is 20.1 Å². The molecule has 0 fully saturated rings. The van der Waals surface area contributed by atoms with Crippen LogP contribution >= 0.6 is 39.1 Å². The molecule has 0 N–H and O–H groups in total. The standard InChI is InChI=1S/C19H15BrCl2N2O3/c1-2-24-19(14(20)10-23-24)16(25)9-8-12-6-7-13(27-12)11-26-17-5-3-4-15(21)18(17)22/h3-10H,2,11H2,1H3/b9-8+. The predicted octanol–water partition coefficient (Wildman–Crippen LogP) is 6.04. The van der Waals surface area contributed by atoms with Crippen molar-refractivity contribution in [1.29, 1.82) is 0 Å². The lowest BCUT2D eigenvalue weighted by Crippen LogP contribution is -2.07. The summed E-state index contributed by atoms with van der Waals surface area (Å²) in [7, 11) is 0. The van der Waals surface area contributed by atoms with Gasteiger partial charge in [0.25, 0.3) is 0 Å². The van der Waals surface area contributed by atoms with Crippen molar-refractivity contribution in [1.82, 2.24) is 9.78 Å². The largest absolute Gasteiger partial charge is 0.484 e. The first-order valence-electron chi connectivity index (χ1n) is 8.08. The fourth-order valence-electron chi connectivity index (χ4n) is 2.39. The van der Waals surface area contributed by atoms with Gasteiger partial charge in [-0.15, -0.1) is 0 Å². The number of benzene rings is 1. The van der Waals surface area contributed by atoms with Crippen molar-refractivity contribution in [3.63, 3.8) is 0 Å². The maximum atomic E-state index is 12.4. The van der Waals surface area contributed by atoms with E-state index in [-0.39, 0.29) is 12.4 Å². The first kappa shape index (κ1) is 19.7. The molecule has 0 saturated carbocycles. The summed E-state index contributed by atoms with van der Waals surface area (Å²) in [5.41, 5.74) is 0.500. The van der Waals surface area contributed by atoms with Gasteiger partial charge >= 0.3 is 0 Å². The highest BCUT2D eigenvalue weighted by Gasteiger charge is 2.14. The number of nitrogens with zero attached hydrogens (tertiary/aromatic N) is 2. The third kappa shape index (κ3) is 4.64. The SMILES string of the molecule is CCn1ncc(Br)c1C(=O)/C=C/c1ccc(COc2cccc(Cl)c2Cl)o1. The van der Waals surface area contributed by atoms with E-state index in [1.165, 1.54) is 6.08 Å². The topological polar surface area (TPSA) is 57.3 Å². The average molecular weight is 470 g/mol. The molecule has 2 aromatic heterocycles. The number of ether oxygens (including phenoxy) is 1. The maximum Gasteiger partial charge on any atom is 0.205 e. The summed E-state index contributed by atoms with van der Waals surface area (Å²) < 4.78 is 13.6. The molecule has 27 heavy (non-hydrogen) atoms. The number of halogens is 3. The van der Waals surface area contributed by atoms with E-state index in [1.807, 2.05) is 6.92 Å². The Hall–Kier alpha value is -2.02. The van der Waals surface area contributed by atoms with Gasteiger partial charge in [-0.1, -0.05) is 29.3 Å². The van der Waals surface area contributed by atoms with Crippen LogP contribution < -0.4 is 4.74 Å². The Morgan fingerprint density at radius 2 is 2.15 bits per heavy atom. The Morgan fingerprint density at radius 1 is 1.33 bits per heavy atom. The molecule has 0 aliphatic heterocycles. The summed E-state index contributed by atoms with van der Waals surface area (Å²) in [6.45, 7) is 2.72. The van der Waals surface area contributed by atoms with Crippen LogP contribution in [0.4, 0.5) is 0 Å². The van der Waals surface area contributed by atoms with Gasteiger partial charge in [0.1, 0.15) is 34.6 Å². The quantitative estimate of drug-likeness (QED) is 0.312. The molecule has 0 aliphatic carbocycles. The van der Waals surface area contributed by atoms with Crippen molar-refractivity contribution in [3.05, 3.63) is 74.3 Å². The van der Waals surface area contributed by atoms with Crippen LogP contribution in [0.2, 0.25) is 10.0 Å². The molecule has 2 heterocycles. The van der Waals surface area contributed by atoms with Crippen LogP contribution in [0, 0.1) is 0 Å². The molecule has 0 unspecified atom stereocenters. The van der Waals surface area contributed by atoms with Gasteiger partial charge in [-0.05, 0) is 59.3 Å². The molecule has 0 radical (unpaired) electrons. The van der Waals surface area contributed by atoms with Gasteiger partial charge in [0.2, 0.25) is 5.78 Å². The van der Waals surface area contributed by atoms with Gasteiger partial charge in [0, 0.05) is 6.54 Å². The molecular weight excluding hydrogens is 455 g/mol. The van der Waals surface area contributed by atoms with Gasteiger partial charge in [-0.3, -0.25) is 9.48 Å². The second kappa shape index (κ2) is 8.78. The third-order valence-corrected chi connectivity index (χ3v) is 5.08. The van der Waals surface area contributed by atoms with E-state index >= 15 is 0 Å². The highest BCUT2D eigenvalue weighted by Crippen LogP contribution is 2.32. The lowest BCUT2D eigenvalue weighted by atomic mass is 10.2. The summed E-state index contributed by atoms with van der Waals surface area (Å²) >= 11 is 15.4. The highest BCUT2D eigenvalue weighted by atomic mass is 79.9. The summed E-state index contributed by atoms with van der Waals surface area (Å²) in [4.78, 5) is 12.4. The second-order valence-corrected chi connectivity index (χ2v) is 7.14. The Bertz CT molecular complexity index is 995. The summed E-state index contributed by atoms with van der Waals surface area (Å²) in [5.74, 6) is 1.45. The highest BCUT2D eigenvalue weighted by molar-refractivity contribution is 9.10. The fraction of sp³-hybridized carbons (Fsp3) is 0.158. The molecule has 5 nitrogen and oxygen atoms in total. The summed E-state index contributed by atoms with van der Waals surface area (Å²) in [6.07, 6.45) is 4.66. The van der Waals surface area contributed by atoms with Gasteiger partial charge in [0.15, 0.2) is 0 Å². The van der Waals surface area contributed by atoms with Crippen molar-refractivity contribution in [3.8, 4) is 5.75 Å². The number of aromatic nitrogens is 2. The number of allylic oxidation sites excluding steroid dienone is 1. The van der Waals surface area contributed by atoms with Gasteiger partial charge in [-0.25, -0.2) is 0 Å². The lowest BCUT2D eigenvalue weighted by Gasteiger charge is -2.06. The predicted molar refractivity (Wildman–Crippen MR) is 108 cm³/mol. The number of ketones is 1. The van der Waals surface area contributed by atoms with E-state index in [9.17, 15) is 4.79 Å². The van der Waals surface area contributed by atoms with Crippen LogP contribution in [-0.4, -0.2) is 15.6 Å². The summed E-state index contributed by atoms with van der Waals surface area (Å²) in [5, 5.41) is 4.92. The molecule has 0 saturated heterocycles. The van der Waals surface area contributed by atoms with E-state index < -0.39 is 0 Å². The van der Waals surface area contributed by atoms with Crippen molar-refractivity contribution in [2.75, 3.05) is 0 Å². The number of carbonyl (C=O) groups is 1. The van der Waals surface area contributed by atoms with Gasteiger partial charge < -0.3 is 9.15 Å². The molecular formula is C19H15BrCl2N2O3. The van der Waals surface area contributed by atoms with Crippen LogP contribution in [0.5, 0.6) is 5.75 Å². The third-order valence-electron chi connectivity index (χ3n) is 3.70. The molecule has 3 rings (SSSR count). The average Bonchev–Trinajstić information content (AvgIpc) is 3.27. The number of carbonyl (C=O) groups excluding carboxylic acids is 1. The van der Waals surface area contributed by atoms with E-state index in [0.717, 1.165) is 0 Å². The Kier molecular flexibility index (Phi) is 6.42. The molecule has 0 amide bonds. The smallest absolute Gasteiger partial charge is 0.205 e. The molecule has 1 aromatic carbocycles. The van der Waals surface area contributed by atoms with Crippen LogP contribution in [-0.2, 0) is 13.2 Å². The van der Waals surface area contributed by atoms with Crippen molar-refractivity contribution in [2.24, 2.45) is 0 Å². The Balaban J connectivity index is 1.65. The van der Waals surface area contributed by atoms with E-state index in [1.54, 1.807) is 47.3 Å². The Morgan fingerprint density at radius 3 is 2.93 bits per heavy atom. The minimum Gasteiger partial charge on any atom is -0.484 e. The second-order valence-electron chi connectivity index (χ2n) is 5.50. The molecule has 0 spiro atoms. The van der Waals surface area contributed by atoms with Crippen LogP contribution in [0.3, 0.4) is 0 Å². The van der Waals surface area contributed by atoms with E-state index in [2.05, 4.69) is 21.0 Å². The normalized spacial score (nSPS) is 11.3. The summed E-state index contributed by atoms with van der Waals surface area (Å²) in [6, 6.07) is 8.70. The first-order valence-corrected chi connectivity index (χ1v) is 9.63. The number of aryl methyl sites for hydroxylation is 1. The fourth-order valence-corrected chi connectivity index (χ4v) is 3.23. The van der Waals surface area contributed by atoms with Crippen LogP contribution in [0.1, 0.15) is 28.9 Å². The molecule has 0 atom stereocenters. The molecule has 140 valence electrons. The van der Waals surface area contributed by atoms with Gasteiger partial charge in [0.05, 0.1) is 15.7 Å². The van der Waals surface area contributed by atoms with Crippen LogP contribution in [0.15, 0.2) is 51.5 Å². The molecule has 0 bridgehead atoms. The minimum atomic E-state index is -0.166. The number of hydrogen-bond acceptors (Lipinski definition) is 4. The molecule has 8 heteroatoms. The lowest BCUT2D eigenvalue weighted by molar-refractivity contribution is 0.103. The zero-order chi connectivity index (χ0) is 19.4. The van der Waals surface area contributed by atoms with Crippen molar-refractivity contribution < 1.29 is 13.9 Å². The van der Waals surface area contributed by atoms with Gasteiger partial charge in [-0.2, -0.15) is 5.10 Å². The number of hydrogen-bond donors (Lipinski definition) is 0. The van der Waals surface area contributed by atoms with Crippen LogP contribution in [0.25, 0.3) is 6.08 Å². The van der Waals surface area contributed by atoms with E-state index in [4.69, 9.17) is 32.4 Å². The zero-order valence-corrected chi connectivity index (χ0v) is 17.4. The monoisotopic (exact) mass is 468 g/mol. The molecule has 3 aromatic rings. The molecule has 0 aliphatic rings. The first-order chi connectivity index (χ1) is 13.0. The number of furan rings is 1. The zero-order valence-electron chi connectivity index (χ0n) is 14.3. The van der Waals surface area contributed by atoms with Crippen molar-refractivity contribution >= 4 is 51.0 Å².